The highest BCUT2D eigenvalue weighted by atomic mass is 16.5. The van der Waals surface area contributed by atoms with Crippen LogP contribution in [0.25, 0.3) is 0 Å². The second-order valence-corrected chi connectivity index (χ2v) is 4.79. The first-order chi connectivity index (χ1) is 10.1. The van der Waals surface area contributed by atoms with E-state index in [4.69, 9.17) is 4.74 Å². The van der Waals surface area contributed by atoms with Crippen LogP contribution >= 0.6 is 0 Å². The van der Waals surface area contributed by atoms with Crippen LogP contribution in [0.1, 0.15) is 42.4 Å². The number of ether oxygens (including phenoxy) is 1. The van der Waals surface area contributed by atoms with E-state index in [2.05, 4.69) is 4.98 Å². The molecule has 110 valence electrons. The van der Waals surface area contributed by atoms with Crippen LogP contribution in [-0.2, 0) is 9.53 Å². The second-order valence-electron chi connectivity index (χ2n) is 4.79. The molecule has 1 aromatic heterocycles. The molecule has 0 saturated heterocycles. The predicted molar refractivity (Wildman–Crippen MR) is 78.1 cm³/mol. The van der Waals surface area contributed by atoms with Crippen molar-refractivity contribution in [2.75, 3.05) is 6.61 Å². The summed E-state index contributed by atoms with van der Waals surface area (Å²) in [5.74, 6) is -0.467. The smallest absolute Gasteiger partial charge is 0.302 e. The van der Waals surface area contributed by atoms with Crippen molar-refractivity contribution in [2.24, 2.45) is 0 Å². The molecule has 0 unspecified atom stereocenters. The Morgan fingerprint density at radius 1 is 1.29 bits per heavy atom. The van der Waals surface area contributed by atoms with Crippen molar-refractivity contribution in [3.05, 3.63) is 54.1 Å². The Balaban J connectivity index is 2.11. The van der Waals surface area contributed by atoms with E-state index in [0.29, 0.717) is 5.69 Å². The van der Waals surface area contributed by atoms with E-state index in [0.717, 1.165) is 5.56 Å². The molecule has 0 aliphatic heterocycles. The number of benzene rings is 1. The summed E-state index contributed by atoms with van der Waals surface area (Å²) < 4.78 is 6.64. The first kappa shape index (κ1) is 15.0. The molecule has 5 heteroatoms. The fourth-order valence-electron chi connectivity index (χ4n) is 2.14. The molecule has 1 aromatic carbocycles. The van der Waals surface area contributed by atoms with Crippen molar-refractivity contribution in [3.63, 3.8) is 0 Å². The van der Waals surface area contributed by atoms with E-state index in [-0.39, 0.29) is 30.8 Å². The minimum absolute atomic E-state index is 0.0152. The number of hydrogen-bond acceptors (Lipinski definition) is 4. The van der Waals surface area contributed by atoms with Gasteiger partial charge in [0.15, 0.2) is 5.78 Å². The molecule has 2 rings (SSSR count). The van der Waals surface area contributed by atoms with Gasteiger partial charge in [-0.2, -0.15) is 0 Å². The first-order valence-corrected chi connectivity index (χ1v) is 6.83. The number of Topliss-reactive ketones (excluding diaryl/α,β-unsaturated/α-hetero) is 1. The summed E-state index contributed by atoms with van der Waals surface area (Å²) >= 11 is 0. The molecular formula is C16H18N2O3. The fraction of sp³-hybridized carbons (Fsp3) is 0.312. The van der Waals surface area contributed by atoms with Crippen molar-refractivity contribution in [1.29, 1.82) is 0 Å². The molecule has 0 spiro atoms. The molecule has 0 fully saturated rings. The molecule has 0 saturated carbocycles. The molecule has 5 nitrogen and oxygen atoms in total. The van der Waals surface area contributed by atoms with Crippen LogP contribution in [0.4, 0.5) is 0 Å². The van der Waals surface area contributed by atoms with Crippen LogP contribution in [0.5, 0.6) is 0 Å². The van der Waals surface area contributed by atoms with Gasteiger partial charge in [0.25, 0.3) is 0 Å². The minimum Gasteiger partial charge on any atom is -0.465 e. The second kappa shape index (κ2) is 6.83. The van der Waals surface area contributed by atoms with E-state index < -0.39 is 0 Å². The zero-order valence-electron chi connectivity index (χ0n) is 12.2. The number of carbonyl (C=O) groups is 2. The van der Waals surface area contributed by atoms with E-state index in [1.54, 1.807) is 12.5 Å². The summed E-state index contributed by atoms with van der Waals surface area (Å²) in [4.78, 5) is 27.0. The first-order valence-electron chi connectivity index (χ1n) is 6.83. The van der Waals surface area contributed by atoms with Crippen LogP contribution in [0, 0.1) is 0 Å². The molecule has 0 radical (unpaired) electrons. The highest BCUT2D eigenvalue weighted by Gasteiger charge is 2.17. The molecule has 2 aromatic rings. The van der Waals surface area contributed by atoms with Crippen molar-refractivity contribution in [2.45, 2.75) is 26.3 Å². The maximum atomic E-state index is 12.2. The summed E-state index contributed by atoms with van der Waals surface area (Å²) in [7, 11) is 0. The summed E-state index contributed by atoms with van der Waals surface area (Å²) in [6.45, 7) is 3.44. The average molecular weight is 286 g/mol. The number of esters is 1. The Kier molecular flexibility index (Phi) is 4.87. The lowest BCUT2D eigenvalue weighted by Gasteiger charge is -2.16. The largest absolute Gasteiger partial charge is 0.465 e. The van der Waals surface area contributed by atoms with E-state index in [1.807, 2.05) is 41.8 Å². The Bertz CT molecular complexity index is 619. The molecule has 0 aliphatic rings. The van der Waals surface area contributed by atoms with E-state index in [9.17, 15) is 9.59 Å². The van der Waals surface area contributed by atoms with Crippen LogP contribution in [-0.4, -0.2) is 27.9 Å². The monoisotopic (exact) mass is 286 g/mol. The number of rotatable bonds is 6. The number of nitrogens with zero attached hydrogens (tertiary/aromatic N) is 2. The molecule has 0 amide bonds. The maximum Gasteiger partial charge on any atom is 0.302 e. The summed E-state index contributed by atoms with van der Waals surface area (Å²) in [6.07, 6.45) is 3.36. The van der Waals surface area contributed by atoms with Gasteiger partial charge in [0.2, 0.25) is 0 Å². The van der Waals surface area contributed by atoms with Crippen molar-refractivity contribution >= 4 is 11.8 Å². The number of carbonyl (C=O) groups excluding carboxylic acids is 2. The summed E-state index contributed by atoms with van der Waals surface area (Å²) in [6, 6.07) is 9.92. The van der Waals surface area contributed by atoms with Crippen LogP contribution < -0.4 is 0 Å². The van der Waals surface area contributed by atoms with Crippen molar-refractivity contribution < 1.29 is 14.3 Å². The lowest BCUT2D eigenvalue weighted by molar-refractivity contribution is -0.140. The zero-order chi connectivity index (χ0) is 15.2. The van der Waals surface area contributed by atoms with E-state index in [1.165, 1.54) is 6.92 Å². The minimum atomic E-state index is -0.381. The van der Waals surface area contributed by atoms with Gasteiger partial charge in [-0.3, -0.25) is 9.59 Å². The normalized spacial score (nSPS) is 11.9. The standard InChI is InChI=1S/C16H18N2O3/c1-12(14-6-4-3-5-7-14)18-11-17-10-15(18)16(20)8-9-21-13(2)19/h3-7,10-12H,8-9H2,1-2H3/t12-/m1/s1. The van der Waals surface area contributed by atoms with Crippen molar-refractivity contribution in [3.8, 4) is 0 Å². The van der Waals surface area contributed by atoms with Gasteiger partial charge in [-0.05, 0) is 12.5 Å². The Morgan fingerprint density at radius 2 is 2.00 bits per heavy atom. The summed E-state index contributed by atoms with van der Waals surface area (Å²) in [5, 5.41) is 0. The van der Waals surface area contributed by atoms with Gasteiger partial charge < -0.3 is 9.30 Å². The number of hydrogen-bond donors (Lipinski definition) is 0. The molecular weight excluding hydrogens is 268 g/mol. The van der Waals surface area contributed by atoms with Crippen LogP contribution in [0.15, 0.2) is 42.9 Å². The van der Waals surface area contributed by atoms with Gasteiger partial charge in [-0.25, -0.2) is 4.98 Å². The van der Waals surface area contributed by atoms with E-state index >= 15 is 0 Å². The quantitative estimate of drug-likeness (QED) is 0.605. The topological polar surface area (TPSA) is 61.2 Å². The third-order valence-corrected chi connectivity index (χ3v) is 3.29. The summed E-state index contributed by atoms with van der Waals surface area (Å²) in [5.41, 5.74) is 1.63. The highest BCUT2D eigenvalue weighted by molar-refractivity contribution is 5.94. The Hall–Kier alpha value is -2.43. The number of aromatic nitrogens is 2. The Labute approximate surface area is 123 Å². The maximum absolute atomic E-state index is 12.2. The predicted octanol–water partition coefficient (Wildman–Crippen LogP) is 2.63. The molecule has 21 heavy (non-hydrogen) atoms. The van der Waals surface area contributed by atoms with Gasteiger partial charge in [-0.1, -0.05) is 30.3 Å². The zero-order valence-corrected chi connectivity index (χ0v) is 12.2. The van der Waals surface area contributed by atoms with Gasteiger partial charge in [0, 0.05) is 13.3 Å². The van der Waals surface area contributed by atoms with Gasteiger partial charge in [0.05, 0.1) is 25.2 Å². The average Bonchev–Trinajstić information content (AvgIpc) is 2.96. The third kappa shape index (κ3) is 3.78. The molecule has 0 N–H and O–H groups in total. The lowest BCUT2D eigenvalue weighted by Crippen LogP contribution is -2.15. The molecule has 0 bridgehead atoms. The van der Waals surface area contributed by atoms with Gasteiger partial charge >= 0.3 is 5.97 Å². The third-order valence-electron chi connectivity index (χ3n) is 3.29. The molecule has 1 heterocycles. The van der Waals surface area contributed by atoms with Gasteiger partial charge in [0.1, 0.15) is 5.69 Å². The lowest BCUT2D eigenvalue weighted by atomic mass is 10.1. The SMILES string of the molecule is CC(=O)OCCC(=O)c1cncn1[C@H](C)c1ccccc1. The van der Waals surface area contributed by atoms with Crippen LogP contribution in [0.3, 0.4) is 0 Å². The van der Waals surface area contributed by atoms with Gasteiger partial charge in [-0.15, -0.1) is 0 Å². The number of imidazole rings is 1. The fourth-order valence-corrected chi connectivity index (χ4v) is 2.14. The van der Waals surface area contributed by atoms with Crippen LogP contribution in [0.2, 0.25) is 0 Å². The highest BCUT2D eigenvalue weighted by Crippen LogP contribution is 2.20. The Morgan fingerprint density at radius 3 is 2.67 bits per heavy atom. The van der Waals surface area contributed by atoms with Crippen molar-refractivity contribution in [1.82, 2.24) is 9.55 Å². The molecule has 1 atom stereocenters. The molecule has 0 aliphatic carbocycles. The number of ketones is 1.